The van der Waals surface area contributed by atoms with Crippen LogP contribution in [0.5, 0.6) is 0 Å². The normalized spacial score (nSPS) is 12.0. The van der Waals surface area contributed by atoms with Crippen LogP contribution in [0.4, 0.5) is 0 Å². The molecule has 0 aromatic rings. The van der Waals surface area contributed by atoms with Gasteiger partial charge in [-0.25, -0.2) is 0 Å². The number of allylic oxidation sites excluding steroid dienone is 1. The molecule has 0 aromatic heterocycles. The SMILES string of the molecule is C=CC(C)CCCCCCC#N. The minimum absolute atomic E-state index is 0.654. The fourth-order valence-electron chi connectivity index (χ4n) is 1.14. The van der Waals surface area contributed by atoms with Crippen molar-refractivity contribution in [2.45, 2.75) is 45.4 Å². The maximum atomic E-state index is 8.29. The number of unbranched alkanes of at least 4 members (excludes halogenated alkanes) is 4. The number of nitriles is 1. The van der Waals surface area contributed by atoms with Crippen molar-refractivity contribution in [2.75, 3.05) is 0 Å². The van der Waals surface area contributed by atoms with Crippen LogP contribution in [0.3, 0.4) is 0 Å². The minimum Gasteiger partial charge on any atom is -0.198 e. The van der Waals surface area contributed by atoms with Crippen LogP contribution in [-0.4, -0.2) is 0 Å². The minimum atomic E-state index is 0.654. The lowest BCUT2D eigenvalue weighted by Gasteiger charge is -2.03. The third kappa shape index (κ3) is 7.34. The van der Waals surface area contributed by atoms with Crippen LogP contribution < -0.4 is 0 Å². The fourth-order valence-corrected chi connectivity index (χ4v) is 1.14. The first-order chi connectivity index (χ1) is 5.81. The highest BCUT2D eigenvalue weighted by atomic mass is 14.2. The molecule has 0 aliphatic rings. The first-order valence-electron chi connectivity index (χ1n) is 4.80. The summed E-state index contributed by atoms with van der Waals surface area (Å²) in [6.45, 7) is 5.94. The molecule has 1 atom stereocenters. The quantitative estimate of drug-likeness (QED) is 0.417. The number of nitrogens with zero attached hydrogens (tertiary/aromatic N) is 1. The Morgan fingerprint density at radius 3 is 2.58 bits per heavy atom. The van der Waals surface area contributed by atoms with E-state index in [1.165, 1.54) is 25.7 Å². The Morgan fingerprint density at radius 2 is 2.00 bits per heavy atom. The highest BCUT2D eigenvalue weighted by Gasteiger charge is 1.95. The molecule has 0 aliphatic carbocycles. The van der Waals surface area contributed by atoms with Crippen molar-refractivity contribution in [3.63, 3.8) is 0 Å². The van der Waals surface area contributed by atoms with Gasteiger partial charge < -0.3 is 0 Å². The molecular weight excluding hydrogens is 146 g/mol. The van der Waals surface area contributed by atoms with Crippen molar-refractivity contribution < 1.29 is 0 Å². The molecule has 12 heavy (non-hydrogen) atoms. The zero-order chi connectivity index (χ0) is 9.23. The summed E-state index contributed by atoms with van der Waals surface area (Å²) < 4.78 is 0. The number of rotatable bonds is 7. The molecule has 0 rings (SSSR count). The Morgan fingerprint density at radius 1 is 1.33 bits per heavy atom. The highest BCUT2D eigenvalue weighted by molar-refractivity contribution is 4.74. The predicted molar refractivity (Wildman–Crippen MR) is 52.7 cm³/mol. The van der Waals surface area contributed by atoms with Gasteiger partial charge in [0.05, 0.1) is 6.07 Å². The topological polar surface area (TPSA) is 23.8 Å². The second-order valence-electron chi connectivity index (χ2n) is 3.32. The summed E-state index contributed by atoms with van der Waals surface area (Å²) >= 11 is 0. The number of hydrogen-bond acceptors (Lipinski definition) is 1. The van der Waals surface area contributed by atoms with E-state index >= 15 is 0 Å². The Kier molecular flexibility index (Phi) is 7.79. The van der Waals surface area contributed by atoms with E-state index in [2.05, 4.69) is 19.6 Å². The first-order valence-corrected chi connectivity index (χ1v) is 4.80. The first kappa shape index (κ1) is 11.2. The molecule has 1 unspecified atom stereocenters. The Bertz CT molecular complexity index is 144. The van der Waals surface area contributed by atoms with Crippen molar-refractivity contribution in [1.29, 1.82) is 5.26 Å². The lowest BCUT2D eigenvalue weighted by molar-refractivity contribution is 0.556. The molecule has 0 aliphatic heterocycles. The van der Waals surface area contributed by atoms with E-state index in [0.717, 1.165) is 12.8 Å². The van der Waals surface area contributed by atoms with Gasteiger partial charge in [0.1, 0.15) is 0 Å². The van der Waals surface area contributed by atoms with E-state index in [1.54, 1.807) is 0 Å². The summed E-state index contributed by atoms with van der Waals surface area (Å²) in [4.78, 5) is 0. The fraction of sp³-hybridized carbons (Fsp3) is 0.727. The van der Waals surface area contributed by atoms with Gasteiger partial charge in [-0.1, -0.05) is 32.3 Å². The largest absolute Gasteiger partial charge is 0.198 e. The maximum Gasteiger partial charge on any atom is 0.0621 e. The predicted octanol–water partition coefficient (Wildman–Crippen LogP) is 3.67. The third-order valence-corrected chi connectivity index (χ3v) is 2.10. The maximum absolute atomic E-state index is 8.29. The standard InChI is InChI=1S/C11H19N/c1-3-11(2)9-7-5-4-6-8-10-12/h3,11H,1,4-9H2,2H3. The molecule has 68 valence electrons. The van der Waals surface area contributed by atoms with Gasteiger partial charge in [0.15, 0.2) is 0 Å². The summed E-state index contributed by atoms with van der Waals surface area (Å²) in [5, 5.41) is 8.29. The Hall–Kier alpha value is -0.770. The molecule has 1 heteroatoms. The molecule has 0 fully saturated rings. The lowest BCUT2D eigenvalue weighted by atomic mass is 10.0. The molecule has 0 N–H and O–H groups in total. The van der Waals surface area contributed by atoms with Crippen LogP contribution in [0.15, 0.2) is 12.7 Å². The van der Waals surface area contributed by atoms with Gasteiger partial charge in [0, 0.05) is 6.42 Å². The number of hydrogen-bond donors (Lipinski definition) is 0. The summed E-state index contributed by atoms with van der Waals surface area (Å²) in [6.07, 6.45) is 8.79. The summed E-state index contributed by atoms with van der Waals surface area (Å²) in [7, 11) is 0. The molecule has 0 heterocycles. The highest BCUT2D eigenvalue weighted by Crippen LogP contribution is 2.11. The van der Waals surface area contributed by atoms with Gasteiger partial charge in [-0.05, 0) is 18.8 Å². The molecule has 0 amide bonds. The smallest absolute Gasteiger partial charge is 0.0621 e. The summed E-state index contributed by atoms with van der Waals surface area (Å²) in [6, 6.07) is 2.16. The second-order valence-corrected chi connectivity index (χ2v) is 3.32. The summed E-state index contributed by atoms with van der Waals surface area (Å²) in [5.41, 5.74) is 0. The van der Waals surface area contributed by atoms with Crippen molar-refractivity contribution in [3.8, 4) is 6.07 Å². The van der Waals surface area contributed by atoms with E-state index in [4.69, 9.17) is 5.26 Å². The summed E-state index contributed by atoms with van der Waals surface area (Å²) in [5.74, 6) is 0.654. The van der Waals surface area contributed by atoms with Crippen LogP contribution in [0.2, 0.25) is 0 Å². The average molecular weight is 165 g/mol. The molecule has 0 bridgehead atoms. The van der Waals surface area contributed by atoms with Crippen molar-refractivity contribution in [1.82, 2.24) is 0 Å². The van der Waals surface area contributed by atoms with Gasteiger partial charge in [-0.2, -0.15) is 5.26 Å². The molecule has 0 radical (unpaired) electrons. The third-order valence-electron chi connectivity index (χ3n) is 2.10. The molecule has 0 spiro atoms. The van der Waals surface area contributed by atoms with Gasteiger partial charge in [0.25, 0.3) is 0 Å². The molecular formula is C11H19N. The zero-order valence-electron chi connectivity index (χ0n) is 8.05. The average Bonchev–Trinajstić information content (AvgIpc) is 2.10. The molecule has 1 nitrogen and oxygen atoms in total. The van der Waals surface area contributed by atoms with E-state index in [0.29, 0.717) is 5.92 Å². The van der Waals surface area contributed by atoms with E-state index in [9.17, 15) is 0 Å². The second kappa shape index (κ2) is 8.33. The van der Waals surface area contributed by atoms with Crippen molar-refractivity contribution in [2.24, 2.45) is 5.92 Å². The van der Waals surface area contributed by atoms with Gasteiger partial charge >= 0.3 is 0 Å². The monoisotopic (exact) mass is 165 g/mol. The van der Waals surface area contributed by atoms with Crippen LogP contribution in [0.1, 0.15) is 45.4 Å². The molecule has 0 aromatic carbocycles. The van der Waals surface area contributed by atoms with Crippen LogP contribution in [-0.2, 0) is 0 Å². The zero-order valence-corrected chi connectivity index (χ0v) is 8.05. The van der Waals surface area contributed by atoms with Crippen molar-refractivity contribution >= 4 is 0 Å². The lowest BCUT2D eigenvalue weighted by Crippen LogP contribution is -1.88. The van der Waals surface area contributed by atoms with Gasteiger partial charge in [0.2, 0.25) is 0 Å². The van der Waals surface area contributed by atoms with Crippen molar-refractivity contribution in [3.05, 3.63) is 12.7 Å². The van der Waals surface area contributed by atoms with Crippen LogP contribution in [0, 0.1) is 17.2 Å². The van der Waals surface area contributed by atoms with Gasteiger partial charge in [-0.15, -0.1) is 6.58 Å². The van der Waals surface area contributed by atoms with Crippen LogP contribution >= 0.6 is 0 Å². The molecule has 0 saturated heterocycles. The van der Waals surface area contributed by atoms with E-state index in [-0.39, 0.29) is 0 Å². The Balaban J connectivity index is 3.01. The van der Waals surface area contributed by atoms with Crippen LogP contribution in [0.25, 0.3) is 0 Å². The Labute approximate surface area is 76.1 Å². The van der Waals surface area contributed by atoms with Gasteiger partial charge in [-0.3, -0.25) is 0 Å². The van der Waals surface area contributed by atoms with E-state index < -0.39 is 0 Å². The van der Waals surface area contributed by atoms with E-state index in [1.807, 2.05) is 6.08 Å². The molecule has 0 saturated carbocycles.